The molecule has 0 aliphatic rings. The van der Waals surface area contributed by atoms with Gasteiger partial charge in [-0.3, -0.25) is 0 Å². The molecular formula is C17H31NO3S. The zero-order chi connectivity index (χ0) is 16.8. The van der Waals surface area contributed by atoms with Gasteiger partial charge in [-0.15, -0.1) is 0 Å². The molecule has 22 heavy (non-hydrogen) atoms. The first-order chi connectivity index (χ1) is 10.4. The molecule has 1 aromatic rings. The summed E-state index contributed by atoms with van der Waals surface area (Å²) in [6.07, 6.45) is 13.6. The third-order valence-electron chi connectivity index (χ3n) is 3.29. The Hall–Kier alpha value is -0.940. The largest absolute Gasteiger partial charge is 0.748 e. The lowest BCUT2D eigenvalue weighted by Crippen LogP contribution is -2.37. The van der Waals surface area contributed by atoms with Gasteiger partial charge in [0.25, 0.3) is 0 Å². The molecule has 1 heterocycles. The predicted molar refractivity (Wildman–Crippen MR) is 89.6 cm³/mol. The highest BCUT2D eigenvalue weighted by atomic mass is 32.2. The Kier molecular flexibility index (Phi) is 12.1. The molecule has 128 valence electrons. The molecule has 0 saturated heterocycles. The fourth-order valence-corrected chi connectivity index (χ4v) is 2.28. The summed E-state index contributed by atoms with van der Waals surface area (Å²) in [4.78, 5) is 0. The van der Waals surface area contributed by atoms with Gasteiger partial charge in [-0.25, -0.2) is 13.0 Å². The summed E-state index contributed by atoms with van der Waals surface area (Å²) < 4.78 is 29.7. The second kappa shape index (κ2) is 12.6. The first kappa shape index (κ1) is 21.1. The minimum atomic E-state index is -3.92. The van der Waals surface area contributed by atoms with Crippen molar-refractivity contribution in [2.45, 2.75) is 71.8 Å². The molecule has 0 aromatic carbocycles. The number of aryl methyl sites for hydroxylation is 2. The van der Waals surface area contributed by atoms with Crippen LogP contribution in [-0.4, -0.2) is 19.2 Å². The Morgan fingerprint density at radius 2 is 1.59 bits per heavy atom. The maximum atomic E-state index is 9.08. The van der Waals surface area contributed by atoms with E-state index in [9.17, 15) is 0 Å². The minimum absolute atomic E-state index is 0.604. The second-order valence-corrected chi connectivity index (χ2v) is 7.02. The van der Waals surface area contributed by atoms with Crippen LogP contribution in [0.2, 0.25) is 0 Å². The summed E-state index contributed by atoms with van der Waals surface area (Å²) in [5, 5.41) is 0. The van der Waals surface area contributed by atoms with E-state index in [1.807, 2.05) is 0 Å². The number of aromatic nitrogens is 1. The van der Waals surface area contributed by atoms with Crippen LogP contribution in [-0.2, 0) is 23.1 Å². The van der Waals surface area contributed by atoms with Crippen molar-refractivity contribution in [2.75, 3.05) is 6.26 Å². The minimum Gasteiger partial charge on any atom is -0.748 e. The molecule has 0 unspecified atom stereocenters. The first-order valence-corrected chi connectivity index (χ1v) is 10.1. The maximum Gasteiger partial charge on any atom is 0.181 e. The van der Waals surface area contributed by atoms with Gasteiger partial charge in [-0.05, 0) is 12.8 Å². The van der Waals surface area contributed by atoms with Gasteiger partial charge in [0.2, 0.25) is 0 Å². The van der Waals surface area contributed by atoms with E-state index in [2.05, 4.69) is 42.8 Å². The Bertz CT molecular complexity index is 478. The predicted octanol–water partition coefficient (Wildman–Crippen LogP) is 3.45. The lowest BCUT2D eigenvalue weighted by Gasteiger charge is -2.03. The molecule has 0 fully saturated rings. The Morgan fingerprint density at radius 1 is 1.00 bits per heavy atom. The van der Waals surface area contributed by atoms with Crippen molar-refractivity contribution in [3.05, 3.63) is 30.1 Å². The van der Waals surface area contributed by atoms with Crippen LogP contribution in [0, 0.1) is 0 Å². The summed E-state index contributed by atoms with van der Waals surface area (Å²) >= 11 is 0. The third-order valence-corrected chi connectivity index (χ3v) is 3.29. The average Bonchev–Trinajstić information content (AvgIpc) is 2.43. The number of hydrogen-bond acceptors (Lipinski definition) is 3. The van der Waals surface area contributed by atoms with Gasteiger partial charge in [0.1, 0.15) is 6.54 Å². The Morgan fingerprint density at radius 3 is 2.18 bits per heavy atom. The zero-order valence-corrected chi connectivity index (χ0v) is 15.1. The molecule has 5 heteroatoms. The van der Waals surface area contributed by atoms with Gasteiger partial charge in [0.15, 0.2) is 11.9 Å². The van der Waals surface area contributed by atoms with Crippen LogP contribution in [0.4, 0.5) is 0 Å². The van der Waals surface area contributed by atoms with E-state index in [0.29, 0.717) is 6.26 Å². The van der Waals surface area contributed by atoms with Crippen LogP contribution < -0.4 is 4.57 Å². The summed E-state index contributed by atoms with van der Waals surface area (Å²) in [5.74, 6) is 0. The van der Waals surface area contributed by atoms with Crippen LogP contribution >= 0.6 is 0 Å². The molecule has 0 bridgehead atoms. The van der Waals surface area contributed by atoms with Gasteiger partial charge in [-0.2, -0.15) is 0 Å². The van der Waals surface area contributed by atoms with E-state index in [4.69, 9.17) is 13.0 Å². The van der Waals surface area contributed by atoms with E-state index in [-0.39, 0.29) is 0 Å². The van der Waals surface area contributed by atoms with Crippen LogP contribution in [0.5, 0.6) is 0 Å². The Balaban J connectivity index is 0.000000763. The number of hydrogen-bond donors (Lipinski definition) is 0. The van der Waals surface area contributed by atoms with Gasteiger partial charge in [-0.1, -0.05) is 45.6 Å². The molecule has 0 spiro atoms. The van der Waals surface area contributed by atoms with E-state index in [1.54, 1.807) is 0 Å². The molecule has 0 amide bonds. The molecular weight excluding hydrogens is 298 g/mol. The molecule has 1 aromatic heterocycles. The monoisotopic (exact) mass is 329 g/mol. The van der Waals surface area contributed by atoms with Crippen molar-refractivity contribution < 1.29 is 17.5 Å². The standard InChI is InChI=1S/C16H28N.CH4O3S/c1-3-5-6-7-8-10-14-17-15-11-9-13-16(17)12-4-2;1-5(2,3)4/h9,11,13,15H,3-8,10,12,14H2,1-2H3;1H3,(H,2,3,4)/q+1;/p-1. The van der Waals surface area contributed by atoms with Crippen molar-refractivity contribution in [3.63, 3.8) is 0 Å². The molecule has 0 atom stereocenters. The molecule has 1 rings (SSSR count). The molecule has 0 saturated carbocycles. The average molecular weight is 330 g/mol. The third kappa shape index (κ3) is 14.0. The van der Waals surface area contributed by atoms with Gasteiger partial charge in [0.05, 0.1) is 10.1 Å². The molecule has 0 aliphatic carbocycles. The summed E-state index contributed by atoms with van der Waals surface area (Å²) in [7, 11) is -3.92. The number of rotatable bonds is 9. The summed E-state index contributed by atoms with van der Waals surface area (Å²) in [6.45, 7) is 5.72. The van der Waals surface area contributed by atoms with Crippen molar-refractivity contribution in [3.8, 4) is 0 Å². The maximum absolute atomic E-state index is 9.08. The highest BCUT2D eigenvalue weighted by Crippen LogP contribution is 2.05. The van der Waals surface area contributed by atoms with Crippen LogP contribution in [0.25, 0.3) is 0 Å². The highest BCUT2D eigenvalue weighted by molar-refractivity contribution is 7.84. The van der Waals surface area contributed by atoms with E-state index >= 15 is 0 Å². The zero-order valence-electron chi connectivity index (χ0n) is 14.3. The van der Waals surface area contributed by atoms with E-state index < -0.39 is 10.1 Å². The molecule has 0 N–H and O–H groups in total. The van der Waals surface area contributed by atoms with Crippen molar-refractivity contribution in [1.82, 2.24) is 0 Å². The Labute approximate surface area is 136 Å². The smallest absolute Gasteiger partial charge is 0.181 e. The SMILES string of the molecule is CCCCCCCC[n+]1ccccc1CCC.CS(=O)(=O)[O-]. The van der Waals surface area contributed by atoms with Crippen LogP contribution in [0.1, 0.15) is 64.5 Å². The van der Waals surface area contributed by atoms with Gasteiger partial charge < -0.3 is 4.55 Å². The number of pyridine rings is 1. The summed E-state index contributed by atoms with van der Waals surface area (Å²) in [5.41, 5.74) is 1.49. The van der Waals surface area contributed by atoms with Crippen molar-refractivity contribution in [2.24, 2.45) is 0 Å². The fraction of sp³-hybridized carbons (Fsp3) is 0.706. The first-order valence-electron chi connectivity index (χ1n) is 8.26. The van der Waals surface area contributed by atoms with Gasteiger partial charge in [0, 0.05) is 31.2 Å². The second-order valence-electron chi connectivity index (χ2n) is 5.61. The highest BCUT2D eigenvalue weighted by Gasteiger charge is 2.07. The quantitative estimate of drug-likeness (QED) is 0.396. The topological polar surface area (TPSA) is 61.1 Å². The lowest BCUT2D eigenvalue weighted by molar-refractivity contribution is -0.704. The summed E-state index contributed by atoms with van der Waals surface area (Å²) in [6, 6.07) is 6.57. The van der Waals surface area contributed by atoms with Crippen molar-refractivity contribution in [1.29, 1.82) is 0 Å². The number of unbranched alkanes of at least 4 members (excludes halogenated alkanes) is 5. The van der Waals surface area contributed by atoms with E-state index in [1.165, 1.54) is 63.6 Å². The van der Waals surface area contributed by atoms with Gasteiger partial charge >= 0.3 is 0 Å². The van der Waals surface area contributed by atoms with Crippen molar-refractivity contribution >= 4 is 10.1 Å². The normalized spacial score (nSPS) is 10.9. The molecule has 0 aliphatic heterocycles. The van der Waals surface area contributed by atoms with E-state index in [0.717, 1.165) is 0 Å². The van der Waals surface area contributed by atoms with Crippen LogP contribution in [0.3, 0.4) is 0 Å². The molecule has 4 nitrogen and oxygen atoms in total. The number of nitrogens with zero attached hydrogens (tertiary/aromatic N) is 1. The molecule has 0 radical (unpaired) electrons. The fourth-order valence-electron chi connectivity index (χ4n) is 2.28. The lowest BCUT2D eigenvalue weighted by atomic mass is 10.1. The van der Waals surface area contributed by atoms with Crippen LogP contribution in [0.15, 0.2) is 24.4 Å².